The molecule has 1 heterocycles. The molecule has 2 aromatic carbocycles. The lowest BCUT2D eigenvalue weighted by Crippen LogP contribution is -2.17. The van der Waals surface area contributed by atoms with E-state index in [2.05, 4.69) is 14.5 Å². The molecule has 3 aromatic rings. The number of halogens is 7. The molecule has 0 spiro atoms. The molecule has 0 fully saturated rings. The number of ether oxygens (including phenoxy) is 2. The van der Waals surface area contributed by atoms with Crippen molar-refractivity contribution in [3.8, 4) is 33.9 Å². The summed E-state index contributed by atoms with van der Waals surface area (Å²) in [5, 5.41) is 0. The lowest BCUT2D eigenvalue weighted by molar-refractivity contribution is -0.275. The summed E-state index contributed by atoms with van der Waals surface area (Å²) >= 11 is 0. The van der Waals surface area contributed by atoms with E-state index in [0.717, 1.165) is 30.3 Å². The molecule has 0 radical (unpaired) electrons. The summed E-state index contributed by atoms with van der Waals surface area (Å²) in [5.74, 6) is -1.64. The third kappa shape index (κ3) is 5.59. The molecule has 0 saturated carbocycles. The van der Waals surface area contributed by atoms with Crippen molar-refractivity contribution < 1.29 is 40.2 Å². The van der Waals surface area contributed by atoms with Crippen molar-refractivity contribution in [3.63, 3.8) is 0 Å². The van der Waals surface area contributed by atoms with Gasteiger partial charge in [0, 0.05) is 17.3 Å². The Morgan fingerprint density at radius 2 is 1.07 bits per heavy atom. The van der Waals surface area contributed by atoms with Gasteiger partial charge in [-0.1, -0.05) is 12.1 Å². The zero-order chi connectivity index (χ0) is 21.2. The Labute approximate surface area is 159 Å². The van der Waals surface area contributed by atoms with Gasteiger partial charge < -0.3 is 9.47 Å². The van der Waals surface area contributed by atoms with E-state index in [1.54, 1.807) is 0 Å². The SMILES string of the molecule is Fc1cc(-c2ccc(OC(F)(F)F)cc2)cnc1-c1ccc(OC(F)(F)F)cc1. The second kappa shape index (κ2) is 7.61. The maximum absolute atomic E-state index is 14.4. The van der Waals surface area contributed by atoms with Crippen molar-refractivity contribution >= 4 is 0 Å². The summed E-state index contributed by atoms with van der Waals surface area (Å²) in [6, 6.07) is 10.4. The molecule has 0 amide bonds. The van der Waals surface area contributed by atoms with E-state index in [9.17, 15) is 30.7 Å². The number of pyridine rings is 1. The first-order valence-electron chi connectivity index (χ1n) is 7.88. The molecule has 0 saturated heterocycles. The van der Waals surface area contributed by atoms with Crippen LogP contribution in [0.2, 0.25) is 0 Å². The van der Waals surface area contributed by atoms with Crippen LogP contribution in [-0.2, 0) is 0 Å². The van der Waals surface area contributed by atoms with Crippen LogP contribution in [-0.4, -0.2) is 17.7 Å². The average molecular weight is 417 g/mol. The van der Waals surface area contributed by atoms with Crippen LogP contribution in [0.3, 0.4) is 0 Å². The van der Waals surface area contributed by atoms with E-state index >= 15 is 0 Å². The summed E-state index contributed by atoms with van der Waals surface area (Å²) < 4.78 is 95.1. The van der Waals surface area contributed by atoms with Crippen LogP contribution in [0, 0.1) is 5.82 Å². The second-order valence-electron chi connectivity index (χ2n) is 5.70. The lowest BCUT2D eigenvalue weighted by atomic mass is 10.1. The molecule has 3 rings (SSSR count). The molecule has 29 heavy (non-hydrogen) atoms. The standard InChI is InChI=1S/C19H10F7NO2/c20-16-9-13(11-1-5-14(6-2-11)28-18(21,22)23)10-27-17(16)12-3-7-15(8-4-12)29-19(24,25)26/h1-10H. The molecule has 0 aliphatic carbocycles. The predicted molar refractivity (Wildman–Crippen MR) is 88.4 cm³/mol. The summed E-state index contributed by atoms with van der Waals surface area (Å²) in [6.45, 7) is 0. The molecule has 0 N–H and O–H groups in total. The number of nitrogens with zero attached hydrogens (tertiary/aromatic N) is 1. The van der Waals surface area contributed by atoms with Gasteiger partial charge in [-0.25, -0.2) is 4.39 Å². The first-order valence-corrected chi connectivity index (χ1v) is 7.88. The highest BCUT2D eigenvalue weighted by molar-refractivity contribution is 5.68. The van der Waals surface area contributed by atoms with Crippen LogP contribution >= 0.6 is 0 Å². The van der Waals surface area contributed by atoms with Gasteiger partial charge in [-0.3, -0.25) is 4.98 Å². The van der Waals surface area contributed by atoms with E-state index < -0.39 is 30.0 Å². The van der Waals surface area contributed by atoms with Crippen LogP contribution in [0.4, 0.5) is 30.7 Å². The highest BCUT2D eigenvalue weighted by Crippen LogP contribution is 2.30. The van der Waals surface area contributed by atoms with Gasteiger partial charge in [0.2, 0.25) is 0 Å². The van der Waals surface area contributed by atoms with E-state index in [4.69, 9.17) is 0 Å². The van der Waals surface area contributed by atoms with Crippen LogP contribution in [0.15, 0.2) is 60.8 Å². The zero-order valence-electron chi connectivity index (χ0n) is 14.2. The maximum Gasteiger partial charge on any atom is 0.573 e. The van der Waals surface area contributed by atoms with Crippen LogP contribution < -0.4 is 9.47 Å². The first-order chi connectivity index (χ1) is 13.5. The van der Waals surface area contributed by atoms with Crippen LogP contribution in [0.25, 0.3) is 22.4 Å². The third-order valence-corrected chi connectivity index (χ3v) is 3.62. The van der Waals surface area contributed by atoms with Gasteiger partial charge in [0.25, 0.3) is 0 Å². The van der Waals surface area contributed by atoms with E-state index in [0.29, 0.717) is 11.1 Å². The van der Waals surface area contributed by atoms with Gasteiger partial charge in [-0.15, -0.1) is 26.3 Å². The van der Waals surface area contributed by atoms with Crippen LogP contribution in [0.1, 0.15) is 0 Å². The molecule has 3 nitrogen and oxygen atoms in total. The minimum Gasteiger partial charge on any atom is -0.406 e. The Balaban J connectivity index is 1.80. The van der Waals surface area contributed by atoms with E-state index in [1.807, 2.05) is 0 Å². The number of alkyl halides is 6. The summed E-state index contributed by atoms with van der Waals surface area (Å²) in [6.07, 6.45) is -8.37. The van der Waals surface area contributed by atoms with Crippen molar-refractivity contribution in [2.24, 2.45) is 0 Å². The summed E-state index contributed by atoms with van der Waals surface area (Å²) in [5.41, 5.74) is 0.801. The summed E-state index contributed by atoms with van der Waals surface area (Å²) in [7, 11) is 0. The van der Waals surface area contributed by atoms with E-state index in [1.165, 1.54) is 30.5 Å². The number of hydrogen-bond donors (Lipinski definition) is 0. The van der Waals surface area contributed by atoms with Gasteiger partial charge >= 0.3 is 12.7 Å². The van der Waals surface area contributed by atoms with Gasteiger partial charge in [-0.2, -0.15) is 0 Å². The molecule has 0 unspecified atom stereocenters. The van der Waals surface area contributed by atoms with Crippen molar-refractivity contribution in [2.75, 3.05) is 0 Å². The Bertz CT molecular complexity index is 981. The first kappa shape index (κ1) is 20.4. The van der Waals surface area contributed by atoms with Crippen molar-refractivity contribution in [3.05, 3.63) is 66.6 Å². The quantitative estimate of drug-likeness (QED) is 0.464. The van der Waals surface area contributed by atoms with Crippen molar-refractivity contribution in [1.82, 2.24) is 4.98 Å². The van der Waals surface area contributed by atoms with E-state index in [-0.39, 0.29) is 11.3 Å². The minimum atomic E-state index is -4.84. The van der Waals surface area contributed by atoms with Gasteiger partial charge in [0.05, 0.1) is 0 Å². The third-order valence-electron chi connectivity index (χ3n) is 3.62. The van der Waals surface area contributed by atoms with Gasteiger partial charge in [0.15, 0.2) is 0 Å². The Kier molecular flexibility index (Phi) is 5.36. The Hall–Kier alpha value is -3.30. The predicted octanol–water partition coefficient (Wildman–Crippen LogP) is 6.35. The fourth-order valence-corrected chi connectivity index (χ4v) is 2.47. The van der Waals surface area contributed by atoms with Gasteiger partial charge in [-0.05, 0) is 48.0 Å². The largest absolute Gasteiger partial charge is 0.573 e. The smallest absolute Gasteiger partial charge is 0.406 e. The normalized spacial score (nSPS) is 12.0. The molecular formula is C19H10F7NO2. The second-order valence-corrected chi connectivity index (χ2v) is 5.70. The monoisotopic (exact) mass is 417 g/mol. The lowest BCUT2D eigenvalue weighted by Gasteiger charge is -2.11. The molecule has 0 atom stereocenters. The number of benzene rings is 2. The molecule has 10 heteroatoms. The Morgan fingerprint density at radius 1 is 0.621 bits per heavy atom. The molecule has 0 bridgehead atoms. The molecule has 1 aromatic heterocycles. The van der Waals surface area contributed by atoms with Gasteiger partial charge in [0.1, 0.15) is 23.0 Å². The topological polar surface area (TPSA) is 31.4 Å². The maximum atomic E-state index is 14.4. The number of rotatable bonds is 4. The van der Waals surface area contributed by atoms with Crippen molar-refractivity contribution in [2.45, 2.75) is 12.7 Å². The van der Waals surface area contributed by atoms with Crippen molar-refractivity contribution in [1.29, 1.82) is 0 Å². The molecule has 0 aliphatic rings. The zero-order valence-corrected chi connectivity index (χ0v) is 14.2. The highest BCUT2D eigenvalue weighted by atomic mass is 19.4. The highest BCUT2D eigenvalue weighted by Gasteiger charge is 2.31. The Morgan fingerprint density at radius 3 is 1.48 bits per heavy atom. The fourth-order valence-electron chi connectivity index (χ4n) is 2.47. The van der Waals surface area contributed by atoms with Crippen LogP contribution in [0.5, 0.6) is 11.5 Å². The average Bonchev–Trinajstić information content (AvgIpc) is 2.60. The summed E-state index contributed by atoms with van der Waals surface area (Å²) in [4.78, 5) is 3.96. The fraction of sp³-hybridized carbons (Fsp3) is 0.105. The molecule has 152 valence electrons. The minimum absolute atomic E-state index is 0.107. The number of hydrogen-bond acceptors (Lipinski definition) is 3. The molecular weight excluding hydrogens is 407 g/mol. The number of aromatic nitrogens is 1. The molecule has 0 aliphatic heterocycles.